The zero-order chi connectivity index (χ0) is 13.9. The van der Waals surface area contributed by atoms with Crippen LogP contribution in [0.4, 0.5) is 0 Å². The lowest BCUT2D eigenvalue weighted by atomic mass is 9.63. The number of esters is 1. The third kappa shape index (κ3) is 3.47. The van der Waals surface area contributed by atoms with Crippen molar-refractivity contribution in [2.24, 2.45) is 17.3 Å². The van der Waals surface area contributed by atoms with Crippen LogP contribution in [0.3, 0.4) is 0 Å². The molecule has 0 N–H and O–H groups in total. The minimum absolute atomic E-state index is 0.150. The molecule has 3 atom stereocenters. The Kier molecular flexibility index (Phi) is 4.78. The number of ether oxygens (including phenoxy) is 1. The molecule has 0 spiro atoms. The lowest BCUT2D eigenvalue weighted by Crippen LogP contribution is -2.33. The molecule has 1 aliphatic rings. The van der Waals surface area contributed by atoms with Crippen molar-refractivity contribution in [2.75, 3.05) is 0 Å². The van der Waals surface area contributed by atoms with Crippen LogP contribution in [0.5, 0.6) is 0 Å². The Balaban J connectivity index is 2.80. The van der Waals surface area contributed by atoms with Crippen LogP contribution >= 0.6 is 0 Å². The van der Waals surface area contributed by atoms with Crippen molar-refractivity contribution in [1.29, 1.82) is 0 Å². The third-order valence-electron chi connectivity index (χ3n) is 4.28. The highest BCUT2D eigenvalue weighted by Crippen LogP contribution is 2.45. The molecule has 0 aromatic rings. The van der Waals surface area contributed by atoms with E-state index in [0.29, 0.717) is 11.8 Å². The van der Waals surface area contributed by atoms with Crippen LogP contribution in [-0.4, -0.2) is 12.1 Å². The minimum Gasteiger partial charge on any atom is -0.459 e. The van der Waals surface area contributed by atoms with Gasteiger partial charge in [-0.05, 0) is 37.7 Å². The number of allylic oxidation sites excluding steroid dienone is 3. The Labute approximate surface area is 111 Å². The molecule has 0 bridgehead atoms. The van der Waals surface area contributed by atoms with E-state index in [1.165, 1.54) is 12.5 Å². The highest BCUT2D eigenvalue weighted by Gasteiger charge is 2.36. The third-order valence-corrected chi connectivity index (χ3v) is 4.28. The predicted molar refractivity (Wildman–Crippen MR) is 75.2 cm³/mol. The topological polar surface area (TPSA) is 26.3 Å². The van der Waals surface area contributed by atoms with Gasteiger partial charge in [0, 0.05) is 12.8 Å². The van der Waals surface area contributed by atoms with Gasteiger partial charge in [0.2, 0.25) is 0 Å². The molecule has 0 fully saturated rings. The predicted octanol–water partition coefficient (Wildman–Crippen LogP) is 4.12. The highest BCUT2D eigenvalue weighted by molar-refractivity contribution is 5.66. The summed E-state index contributed by atoms with van der Waals surface area (Å²) in [6.07, 6.45) is 7.55. The second-order valence-corrected chi connectivity index (χ2v) is 6.08. The zero-order valence-electron chi connectivity index (χ0n) is 12.5. The Hall–Kier alpha value is -1.05. The van der Waals surface area contributed by atoms with Crippen LogP contribution in [-0.2, 0) is 9.53 Å². The van der Waals surface area contributed by atoms with Gasteiger partial charge in [-0.3, -0.25) is 4.79 Å². The fourth-order valence-corrected chi connectivity index (χ4v) is 2.66. The maximum atomic E-state index is 10.9. The molecule has 0 radical (unpaired) electrons. The summed E-state index contributed by atoms with van der Waals surface area (Å²) < 4.78 is 5.13. The number of rotatable bonds is 3. The SMILES string of the molecule is CC(=O)O[C@@H](C)/C=C/[C@H]1C(C)=CC[C@H](C)C1(C)C. The van der Waals surface area contributed by atoms with E-state index in [9.17, 15) is 4.79 Å². The fraction of sp³-hybridized carbons (Fsp3) is 0.688. The first-order valence-electron chi connectivity index (χ1n) is 6.77. The molecule has 1 rings (SSSR count). The average molecular weight is 250 g/mol. The van der Waals surface area contributed by atoms with Gasteiger partial charge in [0.15, 0.2) is 0 Å². The van der Waals surface area contributed by atoms with Gasteiger partial charge in [-0.2, -0.15) is 0 Å². The summed E-state index contributed by atoms with van der Waals surface area (Å²) >= 11 is 0. The van der Waals surface area contributed by atoms with Crippen molar-refractivity contribution < 1.29 is 9.53 Å². The quantitative estimate of drug-likeness (QED) is 0.556. The summed E-state index contributed by atoms with van der Waals surface area (Å²) in [5, 5.41) is 0. The van der Waals surface area contributed by atoms with Gasteiger partial charge in [-0.15, -0.1) is 0 Å². The first-order valence-corrected chi connectivity index (χ1v) is 6.77. The van der Waals surface area contributed by atoms with Gasteiger partial charge in [-0.25, -0.2) is 0 Å². The monoisotopic (exact) mass is 250 g/mol. The summed E-state index contributed by atoms with van der Waals surface area (Å²) in [6, 6.07) is 0. The lowest BCUT2D eigenvalue weighted by Gasteiger charge is -2.42. The van der Waals surface area contributed by atoms with Gasteiger partial charge < -0.3 is 4.74 Å². The molecule has 1 aliphatic carbocycles. The molecule has 0 aliphatic heterocycles. The van der Waals surface area contributed by atoms with E-state index in [4.69, 9.17) is 4.74 Å². The van der Waals surface area contributed by atoms with Gasteiger partial charge in [0.05, 0.1) is 0 Å². The maximum absolute atomic E-state index is 10.9. The van der Waals surface area contributed by atoms with E-state index in [1.54, 1.807) is 0 Å². The van der Waals surface area contributed by atoms with Gasteiger partial charge >= 0.3 is 5.97 Å². The van der Waals surface area contributed by atoms with E-state index in [1.807, 2.05) is 13.0 Å². The summed E-state index contributed by atoms with van der Waals surface area (Å²) in [5.74, 6) is 0.870. The first kappa shape index (κ1) is 15.0. The van der Waals surface area contributed by atoms with Crippen LogP contribution < -0.4 is 0 Å². The molecule has 0 saturated carbocycles. The molecular weight excluding hydrogens is 224 g/mol. The van der Waals surface area contributed by atoms with E-state index in [-0.39, 0.29) is 17.5 Å². The van der Waals surface area contributed by atoms with Crippen molar-refractivity contribution in [3.8, 4) is 0 Å². The number of hydrogen-bond acceptors (Lipinski definition) is 2. The number of hydrogen-bond donors (Lipinski definition) is 0. The van der Waals surface area contributed by atoms with E-state index >= 15 is 0 Å². The van der Waals surface area contributed by atoms with Crippen molar-refractivity contribution in [2.45, 2.75) is 54.1 Å². The summed E-state index contributed by atoms with van der Waals surface area (Å²) in [5.41, 5.74) is 1.68. The summed E-state index contributed by atoms with van der Waals surface area (Å²) in [6.45, 7) is 12.5. The zero-order valence-corrected chi connectivity index (χ0v) is 12.5. The number of carbonyl (C=O) groups is 1. The van der Waals surface area contributed by atoms with Gasteiger partial charge in [0.1, 0.15) is 6.10 Å². The molecule has 0 heterocycles. The van der Waals surface area contributed by atoms with Crippen LogP contribution in [0.1, 0.15) is 48.0 Å². The minimum atomic E-state index is -0.226. The molecular formula is C16H26O2. The fourth-order valence-electron chi connectivity index (χ4n) is 2.66. The standard InChI is InChI=1S/C16H26O2/c1-11-7-8-12(2)16(5,6)15(11)10-9-13(3)18-14(4)17/h7,9-10,12-13,15H,8H2,1-6H3/b10-9+/t12-,13-,15-/m0/s1. The molecule has 0 aromatic heterocycles. The van der Waals surface area contributed by atoms with Crippen molar-refractivity contribution in [3.05, 3.63) is 23.8 Å². The van der Waals surface area contributed by atoms with Crippen molar-refractivity contribution >= 4 is 5.97 Å². The molecule has 102 valence electrons. The molecule has 0 amide bonds. The second-order valence-electron chi connectivity index (χ2n) is 6.08. The largest absolute Gasteiger partial charge is 0.459 e. The average Bonchev–Trinajstić information content (AvgIpc) is 2.22. The highest BCUT2D eigenvalue weighted by atomic mass is 16.5. The van der Waals surface area contributed by atoms with Crippen LogP contribution in [0.25, 0.3) is 0 Å². The van der Waals surface area contributed by atoms with Crippen molar-refractivity contribution in [1.82, 2.24) is 0 Å². The summed E-state index contributed by atoms with van der Waals surface area (Å²) in [7, 11) is 0. The molecule has 0 saturated heterocycles. The molecule has 18 heavy (non-hydrogen) atoms. The Morgan fingerprint density at radius 2 is 2.17 bits per heavy atom. The normalized spacial score (nSPS) is 28.9. The molecule has 2 heteroatoms. The van der Waals surface area contributed by atoms with Crippen LogP contribution in [0, 0.1) is 17.3 Å². The van der Waals surface area contributed by atoms with Crippen LogP contribution in [0.2, 0.25) is 0 Å². The lowest BCUT2D eigenvalue weighted by molar-refractivity contribution is -0.143. The van der Waals surface area contributed by atoms with Crippen molar-refractivity contribution in [3.63, 3.8) is 0 Å². The van der Waals surface area contributed by atoms with E-state index in [2.05, 4.69) is 39.8 Å². The smallest absolute Gasteiger partial charge is 0.303 e. The van der Waals surface area contributed by atoms with Crippen LogP contribution in [0.15, 0.2) is 23.8 Å². The Morgan fingerprint density at radius 3 is 2.72 bits per heavy atom. The second kappa shape index (κ2) is 5.73. The van der Waals surface area contributed by atoms with Gasteiger partial charge in [0.25, 0.3) is 0 Å². The van der Waals surface area contributed by atoms with E-state index < -0.39 is 0 Å². The molecule has 0 aromatic carbocycles. The van der Waals surface area contributed by atoms with E-state index in [0.717, 1.165) is 6.42 Å². The summed E-state index contributed by atoms with van der Waals surface area (Å²) in [4.78, 5) is 10.9. The molecule has 0 unspecified atom stereocenters. The Morgan fingerprint density at radius 1 is 1.56 bits per heavy atom. The molecule has 2 nitrogen and oxygen atoms in total. The number of carbonyl (C=O) groups excluding carboxylic acids is 1. The maximum Gasteiger partial charge on any atom is 0.303 e. The Bertz CT molecular complexity index is 363. The first-order chi connectivity index (χ1) is 8.25. The van der Waals surface area contributed by atoms with Gasteiger partial charge in [-0.1, -0.05) is 38.5 Å².